The van der Waals surface area contributed by atoms with E-state index in [1.807, 2.05) is 0 Å². The van der Waals surface area contributed by atoms with E-state index in [0.29, 0.717) is 5.41 Å². The molecule has 1 rings (SSSR count). The fourth-order valence-electron chi connectivity index (χ4n) is 1.82. The van der Waals surface area contributed by atoms with Gasteiger partial charge in [0, 0.05) is 12.1 Å². The average Bonchev–Trinajstić information content (AvgIpc) is 2.23. The Balaban J connectivity index is 2.73. The van der Waals surface area contributed by atoms with Gasteiger partial charge >= 0.3 is 0 Å². The summed E-state index contributed by atoms with van der Waals surface area (Å²) in [7, 11) is 0. The van der Waals surface area contributed by atoms with Crippen LogP contribution < -0.4 is 0 Å². The molecule has 3 heteroatoms. The van der Waals surface area contributed by atoms with Crippen molar-refractivity contribution in [2.45, 2.75) is 60.0 Å². The van der Waals surface area contributed by atoms with Gasteiger partial charge in [-0.1, -0.05) is 20.8 Å². The molecule has 0 aliphatic heterocycles. The lowest BCUT2D eigenvalue weighted by atomic mass is 9.91. The van der Waals surface area contributed by atoms with Crippen LogP contribution in [0.4, 0.5) is 4.39 Å². The summed E-state index contributed by atoms with van der Waals surface area (Å²) in [6, 6.07) is 3.25. The normalized spacial score (nSPS) is 13.1. The SMILES string of the molecule is CC(C)(C)CCN(Cc1ccc(F)cn1)C(C)(C)C. The third-order valence-corrected chi connectivity index (χ3v) is 3.22. The van der Waals surface area contributed by atoms with E-state index in [0.717, 1.165) is 25.2 Å². The van der Waals surface area contributed by atoms with Crippen LogP contribution in [0.3, 0.4) is 0 Å². The molecule has 0 N–H and O–H groups in total. The topological polar surface area (TPSA) is 16.1 Å². The lowest BCUT2D eigenvalue weighted by Gasteiger charge is -2.37. The Bertz CT molecular complexity index is 385. The monoisotopic (exact) mass is 266 g/mol. The molecule has 19 heavy (non-hydrogen) atoms. The molecule has 0 aliphatic carbocycles. The number of pyridine rings is 1. The van der Waals surface area contributed by atoms with E-state index >= 15 is 0 Å². The first-order valence-corrected chi connectivity index (χ1v) is 6.93. The summed E-state index contributed by atoms with van der Waals surface area (Å²) in [5, 5.41) is 0. The molecule has 1 heterocycles. The van der Waals surface area contributed by atoms with Gasteiger partial charge in [-0.2, -0.15) is 0 Å². The van der Waals surface area contributed by atoms with Gasteiger partial charge in [0.1, 0.15) is 5.82 Å². The lowest BCUT2D eigenvalue weighted by Crippen LogP contribution is -2.42. The highest BCUT2D eigenvalue weighted by Crippen LogP contribution is 2.23. The van der Waals surface area contributed by atoms with E-state index in [4.69, 9.17) is 0 Å². The van der Waals surface area contributed by atoms with Crippen LogP contribution in [0, 0.1) is 11.2 Å². The van der Waals surface area contributed by atoms with Gasteiger partial charge in [-0.15, -0.1) is 0 Å². The standard InChI is InChI=1S/C16H27FN2/c1-15(2,3)9-10-19(16(4,5)6)12-14-8-7-13(17)11-18-14/h7-8,11H,9-10,12H2,1-6H3. The largest absolute Gasteiger partial charge is 0.293 e. The summed E-state index contributed by atoms with van der Waals surface area (Å²) in [5.74, 6) is -0.277. The zero-order chi connectivity index (χ0) is 14.7. The minimum atomic E-state index is -0.277. The van der Waals surface area contributed by atoms with Crippen molar-refractivity contribution in [1.82, 2.24) is 9.88 Å². The zero-order valence-corrected chi connectivity index (χ0v) is 13.1. The van der Waals surface area contributed by atoms with Crippen LogP contribution in [-0.2, 0) is 6.54 Å². The summed E-state index contributed by atoms with van der Waals surface area (Å²) in [6.07, 6.45) is 2.42. The Hall–Kier alpha value is -0.960. The summed E-state index contributed by atoms with van der Waals surface area (Å²) in [6.45, 7) is 15.2. The van der Waals surface area contributed by atoms with E-state index in [2.05, 4.69) is 51.4 Å². The van der Waals surface area contributed by atoms with Gasteiger partial charge < -0.3 is 0 Å². The summed E-state index contributed by atoms with van der Waals surface area (Å²) in [4.78, 5) is 6.56. The molecule has 0 aromatic carbocycles. The van der Waals surface area contributed by atoms with Crippen molar-refractivity contribution in [2.75, 3.05) is 6.54 Å². The van der Waals surface area contributed by atoms with Crippen LogP contribution >= 0.6 is 0 Å². The van der Waals surface area contributed by atoms with Gasteiger partial charge in [0.05, 0.1) is 11.9 Å². The third kappa shape index (κ3) is 6.15. The number of rotatable bonds is 4. The van der Waals surface area contributed by atoms with Gasteiger partial charge in [-0.3, -0.25) is 9.88 Å². The van der Waals surface area contributed by atoms with Crippen molar-refractivity contribution in [3.05, 3.63) is 29.8 Å². The Kier molecular flexibility index (Phi) is 5.08. The molecule has 0 spiro atoms. The second-order valence-electron chi connectivity index (χ2n) is 7.37. The second-order valence-corrected chi connectivity index (χ2v) is 7.37. The minimum Gasteiger partial charge on any atom is -0.293 e. The molecular weight excluding hydrogens is 239 g/mol. The smallest absolute Gasteiger partial charge is 0.141 e. The molecule has 0 aliphatic rings. The van der Waals surface area contributed by atoms with Gasteiger partial charge in [0.15, 0.2) is 0 Å². The van der Waals surface area contributed by atoms with Crippen LogP contribution in [-0.4, -0.2) is 22.0 Å². The van der Waals surface area contributed by atoms with E-state index in [1.165, 1.54) is 12.3 Å². The molecule has 0 fully saturated rings. The molecule has 1 aromatic rings. The van der Waals surface area contributed by atoms with Crippen LogP contribution in [0.1, 0.15) is 53.7 Å². The van der Waals surface area contributed by atoms with Crippen LogP contribution in [0.25, 0.3) is 0 Å². The lowest BCUT2D eigenvalue weighted by molar-refractivity contribution is 0.108. The predicted molar refractivity (Wildman–Crippen MR) is 78.4 cm³/mol. The molecule has 0 atom stereocenters. The van der Waals surface area contributed by atoms with Gasteiger partial charge in [0.2, 0.25) is 0 Å². The molecule has 0 bridgehead atoms. The molecule has 0 radical (unpaired) electrons. The molecule has 2 nitrogen and oxygen atoms in total. The number of halogens is 1. The maximum Gasteiger partial charge on any atom is 0.141 e. The van der Waals surface area contributed by atoms with Crippen molar-refractivity contribution in [1.29, 1.82) is 0 Å². The molecule has 0 saturated heterocycles. The molecule has 0 unspecified atom stereocenters. The highest BCUT2D eigenvalue weighted by Gasteiger charge is 2.23. The van der Waals surface area contributed by atoms with Crippen LogP contribution in [0.15, 0.2) is 18.3 Å². The summed E-state index contributed by atoms with van der Waals surface area (Å²) >= 11 is 0. The van der Waals surface area contributed by atoms with Crippen LogP contribution in [0.2, 0.25) is 0 Å². The van der Waals surface area contributed by atoms with Gasteiger partial charge in [-0.05, 0) is 51.3 Å². The first-order valence-electron chi connectivity index (χ1n) is 6.93. The number of hydrogen-bond donors (Lipinski definition) is 0. The molecule has 0 amide bonds. The highest BCUT2D eigenvalue weighted by atomic mass is 19.1. The van der Waals surface area contributed by atoms with Crippen molar-refractivity contribution in [3.63, 3.8) is 0 Å². The van der Waals surface area contributed by atoms with E-state index in [1.54, 1.807) is 6.07 Å². The van der Waals surface area contributed by atoms with Crippen molar-refractivity contribution >= 4 is 0 Å². The predicted octanol–water partition coefficient (Wildman–Crippen LogP) is 4.26. The Morgan fingerprint density at radius 2 is 1.74 bits per heavy atom. The van der Waals surface area contributed by atoms with E-state index < -0.39 is 0 Å². The molecule has 1 aromatic heterocycles. The van der Waals surface area contributed by atoms with Crippen molar-refractivity contribution < 1.29 is 4.39 Å². The maximum absolute atomic E-state index is 12.9. The van der Waals surface area contributed by atoms with E-state index in [9.17, 15) is 4.39 Å². The Labute approximate surface area is 117 Å². The first-order chi connectivity index (χ1) is 8.58. The maximum atomic E-state index is 12.9. The third-order valence-electron chi connectivity index (χ3n) is 3.22. The minimum absolute atomic E-state index is 0.0846. The van der Waals surface area contributed by atoms with Gasteiger partial charge in [0.25, 0.3) is 0 Å². The van der Waals surface area contributed by atoms with Crippen LogP contribution in [0.5, 0.6) is 0 Å². The molecular formula is C16H27FN2. The summed E-state index contributed by atoms with van der Waals surface area (Å²) in [5.41, 5.74) is 1.33. The van der Waals surface area contributed by atoms with Crippen molar-refractivity contribution in [2.24, 2.45) is 5.41 Å². The quantitative estimate of drug-likeness (QED) is 0.809. The van der Waals surface area contributed by atoms with Crippen molar-refractivity contribution in [3.8, 4) is 0 Å². The first kappa shape index (κ1) is 16.1. The highest BCUT2D eigenvalue weighted by molar-refractivity contribution is 5.05. The second kappa shape index (κ2) is 6.00. The zero-order valence-electron chi connectivity index (χ0n) is 13.1. The number of nitrogens with zero attached hydrogens (tertiary/aromatic N) is 2. The van der Waals surface area contributed by atoms with E-state index in [-0.39, 0.29) is 11.4 Å². The molecule has 108 valence electrons. The molecule has 0 saturated carbocycles. The number of aromatic nitrogens is 1. The van der Waals surface area contributed by atoms with Gasteiger partial charge in [-0.25, -0.2) is 4.39 Å². The Morgan fingerprint density at radius 3 is 2.16 bits per heavy atom. The average molecular weight is 266 g/mol. The fraction of sp³-hybridized carbons (Fsp3) is 0.688. The Morgan fingerprint density at radius 1 is 1.11 bits per heavy atom. The summed E-state index contributed by atoms with van der Waals surface area (Å²) < 4.78 is 12.9. The fourth-order valence-corrected chi connectivity index (χ4v) is 1.82. The number of hydrogen-bond acceptors (Lipinski definition) is 2.